The van der Waals surface area contributed by atoms with Crippen molar-refractivity contribution >= 4 is 39.6 Å². The van der Waals surface area contributed by atoms with E-state index in [9.17, 15) is 9.59 Å². The fourth-order valence-corrected chi connectivity index (χ4v) is 3.41. The number of carbonyl (C=O) groups is 2. The molecule has 20 heavy (non-hydrogen) atoms. The van der Waals surface area contributed by atoms with Crippen molar-refractivity contribution in [2.75, 3.05) is 11.9 Å². The molecule has 0 bridgehead atoms. The molecule has 5 nitrogen and oxygen atoms in total. The Labute approximate surface area is 125 Å². The van der Waals surface area contributed by atoms with Gasteiger partial charge in [-0.1, -0.05) is 0 Å². The van der Waals surface area contributed by atoms with Crippen molar-refractivity contribution in [1.82, 2.24) is 10.3 Å². The summed E-state index contributed by atoms with van der Waals surface area (Å²) < 4.78 is 0. The summed E-state index contributed by atoms with van der Waals surface area (Å²) in [5, 5.41) is 7.99. The van der Waals surface area contributed by atoms with Crippen LogP contribution in [0.1, 0.15) is 18.7 Å². The Balaban J connectivity index is 1.99. The van der Waals surface area contributed by atoms with E-state index in [1.54, 1.807) is 11.3 Å². The highest BCUT2D eigenvalue weighted by atomic mass is 32.1. The molecule has 0 aliphatic carbocycles. The largest absolute Gasteiger partial charge is 0.356 e. The van der Waals surface area contributed by atoms with Gasteiger partial charge in [-0.2, -0.15) is 0 Å². The molecule has 2 amide bonds. The highest BCUT2D eigenvalue weighted by molar-refractivity contribution is 7.17. The molecule has 0 fully saturated rings. The van der Waals surface area contributed by atoms with Crippen LogP contribution in [0, 0.1) is 0 Å². The molecule has 0 spiro atoms. The van der Waals surface area contributed by atoms with Crippen molar-refractivity contribution in [3.63, 3.8) is 0 Å². The molecule has 7 heteroatoms. The van der Waals surface area contributed by atoms with E-state index in [0.29, 0.717) is 11.7 Å². The second kappa shape index (κ2) is 6.62. The van der Waals surface area contributed by atoms with Gasteiger partial charge in [-0.25, -0.2) is 4.98 Å². The first kappa shape index (κ1) is 14.7. The maximum atomic E-state index is 11.0. The normalized spacial score (nSPS) is 10.3. The lowest BCUT2D eigenvalue weighted by atomic mass is 10.3. The number of thiophene rings is 1. The number of hydrogen-bond donors (Lipinski definition) is 2. The van der Waals surface area contributed by atoms with Crippen LogP contribution in [0.2, 0.25) is 0 Å². The summed E-state index contributed by atoms with van der Waals surface area (Å²) in [6, 6.07) is 4.06. The summed E-state index contributed by atoms with van der Waals surface area (Å²) in [7, 11) is 0. The van der Waals surface area contributed by atoms with Crippen molar-refractivity contribution < 1.29 is 9.59 Å². The molecule has 106 valence electrons. The minimum absolute atomic E-state index is 0.0128. The first-order valence-corrected chi connectivity index (χ1v) is 7.81. The number of aromatic nitrogens is 1. The highest BCUT2D eigenvalue weighted by Gasteiger charge is 2.08. The van der Waals surface area contributed by atoms with Crippen molar-refractivity contribution in [3.05, 3.63) is 22.4 Å². The van der Waals surface area contributed by atoms with Crippen molar-refractivity contribution in [2.24, 2.45) is 0 Å². The van der Waals surface area contributed by atoms with Gasteiger partial charge in [0.1, 0.15) is 0 Å². The summed E-state index contributed by atoms with van der Waals surface area (Å²) in [4.78, 5) is 28.4. The quantitative estimate of drug-likeness (QED) is 0.891. The van der Waals surface area contributed by atoms with Crippen LogP contribution in [0.4, 0.5) is 5.13 Å². The summed E-state index contributed by atoms with van der Waals surface area (Å²) in [6.45, 7) is 3.62. The van der Waals surface area contributed by atoms with Crippen molar-refractivity contribution in [3.8, 4) is 10.6 Å². The second-order valence-corrected chi connectivity index (χ2v) is 6.24. The summed E-state index contributed by atoms with van der Waals surface area (Å²) in [5.74, 6) is -0.130. The first-order valence-electron chi connectivity index (χ1n) is 6.11. The van der Waals surface area contributed by atoms with E-state index in [4.69, 9.17) is 0 Å². The fraction of sp³-hybridized carbons (Fsp3) is 0.308. The minimum atomic E-state index is -0.118. The van der Waals surface area contributed by atoms with Gasteiger partial charge in [0, 0.05) is 30.6 Å². The average molecular weight is 309 g/mol. The van der Waals surface area contributed by atoms with Gasteiger partial charge in [0.05, 0.1) is 10.6 Å². The van der Waals surface area contributed by atoms with Gasteiger partial charge in [-0.15, -0.1) is 22.7 Å². The number of amides is 2. The molecular weight excluding hydrogens is 294 g/mol. The van der Waals surface area contributed by atoms with Crippen molar-refractivity contribution in [2.45, 2.75) is 20.3 Å². The fourth-order valence-electron chi connectivity index (χ4n) is 1.61. The standard InChI is InChI=1S/C13H15N3O2S2/c1-8(17)14-6-5-10-3-4-12(20-10)11-7-19-13(16-11)15-9(2)18/h3-4,7H,5-6H2,1-2H3,(H,14,17)(H,15,16,18). The summed E-state index contributed by atoms with van der Waals surface area (Å²) in [6.07, 6.45) is 0.812. The summed E-state index contributed by atoms with van der Waals surface area (Å²) in [5.41, 5.74) is 0.870. The van der Waals surface area contributed by atoms with Crippen LogP contribution >= 0.6 is 22.7 Å². The van der Waals surface area contributed by atoms with Gasteiger partial charge in [-0.05, 0) is 18.6 Å². The molecule has 2 N–H and O–H groups in total. The molecule has 0 unspecified atom stereocenters. The Hall–Kier alpha value is -1.73. The Morgan fingerprint density at radius 3 is 2.75 bits per heavy atom. The SMILES string of the molecule is CC(=O)NCCc1ccc(-c2csc(NC(C)=O)n2)s1. The monoisotopic (exact) mass is 309 g/mol. The lowest BCUT2D eigenvalue weighted by Gasteiger charge is -1.98. The Morgan fingerprint density at radius 1 is 1.25 bits per heavy atom. The zero-order valence-corrected chi connectivity index (χ0v) is 12.9. The van der Waals surface area contributed by atoms with Crippen LogP contribution in [-0.4, -0.2) is 23.3 Å². The van der Waals surface area contributed by atoms with Gasteiger partial charge in [0.25, 0.3) is 0 Å². The maximum absolute atomic E-state index is 11.0. The van der Waals surface area contributed by atoms with Gasteiger partial charge < -0.3 is 10.6 Å². The number of thiazole rings is 1. The van der Waals surface area contributed by atoms with E-state index in [2.05, 4.69) is 15.6 Å². The number of nitrogens with one attached hydrogen (secondary N) is 2. The van der Waals surface area contributed by atoms with E-state index in [0.717, 1.165) is 17.0 Å². The number of carbonyl (C=O) groups excluding carboxylic acids is 2. The molecule has 0 saturated heterocycles. The van der Waals surface area contributed by atoms with Gasteiger partial charge in [0.15, 0.2) is 5.13 Å². The molecule has 0 saturated carbocycles. The number of nitrogens with zero attached hydrogens (tertiary/aromatic N) is 1. The second-order valence-electron chi connectivity index (χ2n) is 4.22. The third-order valence-electron chi connectivity index (χ3n) is 2.45. The zero-order valence-electron chi connectivity index (χ0n) is 11.2. The number of anilines is 1. The van der Waals surface area contributed by atoms with Crippen LogP contribution < -0.4 is 10.6 Å². The van der Waals surface area contributed by atoms with Crippen molar-refractivity contribution in [1.29, 1.82) is 0 Å². The number of rotatable bonds is 5. The molecule has 2 aromatic rings. The molecule has 0 aliphatic heterocycles. The highest BCUT2D eigenvalue weighted by Crippen LogP contribution is 2.30. The molecule has 2 aromatic heterocycles. The van der Waals surface area contributed by atoms with E-state index in [1.807, 2.05) is 17.5 Å². The minimum Gasteiger partial charge on any atom is -0.356 e. The Bertz CT molecular complexity index is 619. The third-order valence-corrected chi connectivity index (χ3v) is 4.37. The average Bonchev–Trinajstić information content (AvgIpc) is 2.96. The van der Waals surface area contributed by atoms with Crippen LogP contribution in [-0.2, 0) is 16.0 Å². The zero-order chi connectivity index (χ0) is 14.5. The molecule has 2 heterocycles. The Morgan fingerprint density at radius 2 is 2.05 bits per heavy atom. The van der Waals surface area contributed by atoms with Gasteiger partial charge >= 0.3 is 0 Å². The lowest BCUT2D eigenvalue weighted by molar-refractivity contribution is -0.119. The predicted molar refractivity (Wildman–Crippen MR) is 82.1 cm³/mol. The topological polar surface area (TPSA) is 71.1 Å². The van der Waals surface area contributed by atoms with Crippen LogP contribution in [0.5, 0.6) is 0 Å². The van der Waals surface area contributed by atoms with Crippen LogP contribution in [0.25, 0.3) is 10.6 Å². The third kappa shape index (κ3) is 4.14. The Kier molecular flexibility index (Phi) is 4.86. The molecule has 0 atom stereocenters. The summed E-state index contributed by atoms with van der Waals surface area (Å²) >= 11 is 3.06. The van der Waals surface area contributed by atoms with Crippen LogP contribution in [0.15, 0.2) is 17.5 Å². The van der Waals surface area contributed by atoms with E-state index in [-0.39, 0.29) is 11.8 Å². The predicted octanol–water partition coefficient (Wildman–Crippen LogP) is 2.51. The smallest absolute Gasteiger partial charge is 0.223 e. The molecule has 0 aliphatic rings. The van der Waals surface area contributed by atoms with E-state index >= 15 is 0 Å². The van der Waals surface area contributed by atoms with Gasteiger partial charge in [-0.3, -0.25) is 9.59 Å². The van der Waals surface area contributed by atoms with Crippen LogP contribution in [0.3, 0.4) is 0 Å². The van der Waals surface area contributed by atoms with E-state index < -0.39 is 0 Å². The first-order chi connectivity index (χ1) is 9.54. The number of hydrogen-bond acceptors (Lipinski definition) is 5. The molecule has 0 radical (unpaired) electrons. The van der Waals surface area contributed by atoms with Gasteiger partial charge in [0.2, 0.25) is 11.8 Å². The molecule has 0 aromatic carbocycles. The lowest BCUT2D eigenvalue weighted by Crippen LogP contribution is -2.21. The molecule has 2 rings (SSSR count). The van der Waals surface area contributed by atoms with E-state index in [1.165, 1.54) is 30.1 Å². The molecular formula is C13H15N3O2S2. The maximum Gasteiger partial charge on any atom is 0.223 e.